The molecular formula is C20H19ClF3N7O. The fourth-order valence-electron chi connectivity index (χ4n) is 3.68. The summed E-state index contributed by atoms with van der Waals surface area (Å²) >= 11 is 6.33. The van der Waals surface area contributed by atoms with Gasteiger partial charge < -0.3 is 16.0 Å². The Morgan fingerprint density at radius 1 is 1.22 bits per heavy atom. The molecule has 0 saturated carbocycles. The number of carbonyl (C=O) groups excluding carboxylic acids is 1. The Hall–Kier alpha value is -3.05. The van der Waals surface area contributed by atoms with Crippen molar-refractivity contribution in [3.8, 4) is 11.3 Å². The predicted octanol–water partition coefficient (Wildman–Crippen LogP) is 2.52. The molecule has 1 amide bonds. The highest BCUT2D eigenvalue weighted by molar-refractivity contribution is 6.33. The molecule has 1 aliphatic carbocycles. The van der Waals surface area contributed by atoms with Crippen molar-refractivity contribution in [3.63, 3.8) is 0 Å². The zero-order chi connectivity index (χ0) is 23.1. The molecule has 1 saturated heterocycles. The first kappa shape index (κ1) is 22.2. The number of hydrogen-bond acceptors (Lipinski definition) is 7. The number of likely N-dealkylation sites (N-methyl/N-ethyl adjacent to an activating group) is 1. The number of amides is 1. The summed E-state index contributed by atoms with van der Waals surface area (Å²) in [6.07, 6.45) is 1.01. The lowest BCUT2D eigenvalue weighted by atomic mass is 9.89. The van der Waals surface area contributed by atoms with E-state index in [0.717, 1.165) is 6.08 Å². The van der Waals surface area contributed by atoms with Gasteiger partial charge in [-0.1, -0.05) is 23.8 Å². The molecule has 3 heterocycles. The minimum atomic E-state index is -4.37. The summed E-state index contributed by atoms with van der Waals surface area (Å²) in [7, 11) is 1.64. The summed E-state index contributed by atoms with van der Waals surface area (Å²) in [6, 6.07) is 1.65. The highest BCUT2D eigenvalue weighted by Gasteiger charge is 2.48. The molecule has 12 heteroatoms. The van der Waals surface area contributed by atoms with Gasteiger partial charge in [0, 0.05) is 36.6 Å². The average molecular weight is 466 g/mol. The predicted molar refractivity (Wildman–Crippen MR) is 113 cm³/mol. The van der Waals surface area contributed by atoms with Gasteiger partial charge in [-0.05, 0) is 31.5 Å². The molecule has 1 fully saturated rings. The number of anilines is 1. The molecule has 168 valence electrons. The highest BCUT2D eigenvalue weighted by atomic mass is 35.5. The third-order valence-corrected chi connectivity index (χ3v) is 5.98. The van der Waals surface area contributed by atoms with Crippen molar-refractivity contribution < 1.29 is 18.0 Å². The lowest BCUT2D eigenvalue weighted by Crippen LogP contribution is -2.74. The van der Waals surface area contributed by atoms with Crippen LogP contribution in [0.2, 0.25) is 5.02 Å². The third kappa shape index (κ3) is 3.93. The number of carbonyl (C=O) groups is 1. The van der Waals surface area contributed by atoms with E-state index in [0.29, 0.717) is 27.5 Å². The number of allylic oxidation sites excluding steroid dienone is 4. The molecule has 0 atom stereocenters. The number of hydrogen-bond donors (Lipinski definition) is 2. The van der Waals surface area contributed by atoms with Gasteiger partial charge in [-0.2, -0.15) is 13.2 Å². The largest absolute Gasteiger partial charge is 0.412 e. The van der Waals surface area contributed by atoms with Crippen LogP contribution in [0, 0.1) is 0 Å². The zero-order valence-electron chi connectivity index (χ0n) is 16.9. The van der Waals surface area contributed by atoms with Gasteiger partial charge in [0.1, 0.15) is 16.9 Å². The Bertz CT molecular complexity index is 1130. The van der Waals surface area contributed by atoms with E-state index in [-0.39, 0.29) is 31.9 Å². The van der Waals surface area contributed by atoms with E-state index >= 15 is 0 Å². The summed E-state index contributed by atoms with van der Waals surface area (Å²) in [5.41, 5.74) is 5.80. The minimum absolute atomic E-state index is 0.130. The molecular weight excluding hydrogens is 447 g/mol. The normalized spacial score (nSPS) is 18.0. The molecule has 2 aromatic heterocycles. The maximum absolute atomic E-state index is 13.0. The van der Waals surface area contributed by atoms with Crippen molar-refractivity contribution in [1.29, 1.82) is 0 Å². The summed E-state index contributed by atoms with van der Waals surface area (Å²) in [5, 5.41) is 11.7. The Morgan fingerprint density at radius 3 is 2.53 bits per heavy atom. The quantitative estimate of drug-likeness (QED) is 0.698. The van der Waals surface area contributed by atoms with Gasteiger partial charge >= 0.3 is 6.18 Å². The van der Waals surface area contributed by atoms with E-state index in [9.17, 15) is 18.0 Å². The number of nitrogens with one attached hydrogen (secondary N) is 1. The van der Waals surface area contributed by atoms with Crippen LogP contribution in [0.3, 0.4) is 0 Å². The first-order valence-corrected chi connectivity index (χ1v) is 10.1. The lowest BCUT2D eigenvalue weighted by Gasteiger charge is -2.47. The molecule has 32 heavy (non-hydrogen) atoms. The monoisotopic (exact) mass is 465 g/mol. The molecule has 0 aromatic carbocycles. The number of primary amides is 1. The lowest BCUT2D eigenvalue weighted by molar-refractivity contribution is -0.125. The fourth-order valence-corrected chi connectivity index (χ4v) is 3.89. The zero-order valence-corrected chi connectivity index (χ0v) is 17.7. The number of aromatic nitrogens is 4. The smallest absolute Gasteiger partial charge is 0.368 e. The van der Waals surface area contributed by atoms with Gasteiger partial charge in [0.05, 0.1) is 5.02 Å². The molecule has 0 bridgehead atoms. The minimum Gasteiger partial charge on any atom is -0.368 e. The van der Waals surface area contributed by atoms with Gasteiger partial charge in [0.2, 0.25) is 11.9 Å². The van der Waals surface area contributed by atoms with Crippen LogP contribution in [0.25, 0.3) is 16.8 Å². The summed E-state index contributed by atoms with van der Waals surface area (Å²) in [4.78, 5) is 22.1. The highest BCUT2D eigenvalue weighted by Crippen LogP contribution is 2.39. The molecule has 8 nitrogen and oxygen atoms in total. The first-order chi connectivity index (χ1) is 15.1. The Labute approximate surface area is 186 Å². The van der Waals surface area contributed by atoms with E-state index in [2.05, 4.69) is 25.5 Å². The first-order valence-electron chi connectivity index (χ1n) is 9.70. The Morgan fingerprint density at radius 2 is 1.97 bits per heavy atom. The molecule has 1 aliphatic heterocycles. The number of rotatable bonds is 5. The second-order valence-corrected chi connectivity index (χ2v) is 8.01. The van der Waals surface area contributed by atoms with E-state index in [4.69, 9.17) is 17.3 Å². The van der Waals surface area contributed by atoms with Crippen LogP contribution in [-0.4, -0.2) is 57.9 Å². The van der Waals surface area contributed by atoms with Gasteiger partial charge in [-0.3, -0.25) is 9.78 Å². The maximum Gasteiger partial charge on any atom is 0.412 e. The van der Waals surface area contributed by atoms with Gasteiger partial charge in [-0.25, -0.2) is 4.98 Å². The van der Waals surface area contributed by atoms with Crippen molar-refractivity contribution >= 4 is 29.0 Å². The van der Waals surface area contributed by atoms with E-state index < -0.39 is 23.2 Å². The number of alkyl halides is 3. The van der Waals surface area contributed by atoms with Crippen molar-refractivity contribution in [2.75, 3.05) is 25.0 Å². The van der Waals surface area contributed by atoms with Crippen LogP contribution in [0.5, 0.6) is 0 Å². The summed E-state index contributed by atoms with van der Waals surface area (Å²) in [6.45, 7) is 0.507. The van der Waals surface area contributed by atoms with Crippen LogP contribution >= 0.6 is 11.6 Å². The Kier molecular flexibility index (Phi) is 5.63. The molecule has 2 aliphatic rings. The topological polar surface area (TPSA) is 110 Å². The molecule has 3 N–H and O–H groups in total. The summed E-state index contributed by atoms with van der Waals surface area (Å²) in [5.74, 6) is -0.232. The van der Waals surface area contributed by atoms with Gasteiger partial charge in [-0.15, -0.1) is 10.2 Å². The number of halogens is 4. The fraction of sp³-hybridized carbons (Fsp3) is 0.350. The molecule has 4 rings (SSSR count). The second kappa shape index (κ2) is 8.14. The molecule has 0 spiro atoms. The van der Waals surface area contributed by atoms with E-state index in [1.54, 1.807) is 18.0 Å². The van der Waals surface area contributed by atoms with E-state index in [1.807, 2.05) is 0 Å². The van der Waals surface area contributed by atoms with Gasteiger partial charge in [0.15, 0.2) is 0 Å². The van der Waals surface area contributed by atoms with Crippen molar-refractivity contribution in [2.24, 2.45) is 5.73 Å². The van der Waals surface area contributed by atoms with Crippen molar-refractivity contribution in [2.45, 2.75) is 24.6 Å². The molecule has 0 radical (unpaired) electrons. The van der Waals surface area contributed by atoms with Gasteiger partial charge in [0.25, 0.3) is 0 Å². The third-order valence-electron chi connectivity index (χ3n) is 5.68. The molecule has 0 unspecified atom stereocenters. The van der Waals surface area contributed by atoms with Crippen LogP contribution in [0.4, 0.5) is 19.1 Å². The second-order valence-electron chi connectivity index (χ2n) is 7.60. The number of nitrogens with zero attached hydrogens (tertiary/aromatic N) is 5. The number of nitrogens with two attached hydrogens (primary N) is 1. The SMILES string of the molecule is CNC1(C(N)=O)CN(c2nnc(C3=CC=C(C(F)(F)F)CC3)c(-c3ccncc3Cl)n2)C1. The van der Waals surface area contributed by atoms with Crippen LogP contribution < -0.4 is 16.0 Å². The van der Waals surface area contributed by atoms with E-state index in [1.165, 1.54) is 18.5 Å². The molecule has 2 aromatic rings. The van der Waals surface area contributed by atoms with Crippen LogP contribution in [-0.2, 0) is 4.79 Å². The van der Waals surface area contributed by atoms with Crippen LogP contribution in [0.15, 0.2) is 36.2 Å². The van der Waals surface area contributed by atoms with Crippen LogP contribution in [0.1, 0.15) is 18.5 Å². The Balaban J connectivity index is 1.74. The van der Waals surface area contributed by atoms with Crippen molar-refractivity contribution in [1.82, 2.24) is 25.5 Å². The average Bonchev–Trinajstić information content (AvgIpc) is 2.73. The number of pyridine rings is 1. The standard InChI is InChI=1S/C20H19ClF3N7O/c1-26-19(17(25)32)9-31(10-19)18-28-16(13-6-7-27-8-14(13)21)15(29-30-18)11-2-4-12(5-3-11)20(22,23)24/h2,4,6-8,26H,3,5,9-10H2,1H3,(H2,25,32). The summed E-state index contributed by atoms with van der Waals surface area (Å²) < 4.78 is 39.0. The maximum atomic E-state index is 13.0. The van der Waals surface area contributed by atoms with Crippen molar-refractivity contribution in [3.05, 3.63) is 46.9 Å².